The van der Waals surface area contributed by atoms with Crippen LogP contribution in [0.3, 0.4) is 0 Å². The topological polar surface area (TPSA) is 49.6 Å². The number of benzene rings is 2. The van der Waals surface area contributed by atoms with Crippen molar-refractivity contribution in [2.45, 2.75) is 31.6 Å². The van der Waals surface area contributed by atoms with Crippen LogP contribution in [-0.4, -0.2) is 43.5 Å². The summed E-state index contributed by atoms with van der Waals surface area (Å²) in [5, 5.41) is 0. The number of hydrogen-bond acceptors (Lipinski definition) is 3. The number of carbonyl (C=O) groups excluding carboxylic acids is 1. The molecule has 0 saturated carbocycles. The highest BCUT2D eigenvalue weighted by atomic mass is 35.5. The molecule has 2 aromatic carbocycles. The van der Waals surface area contributed by atoms with Gasteiger partial charge in [-0.05, 0) is 73.5 Å². The highest BCUT2D eigenvalue weighted by Gasteiger charge is 2.22. The van der Waals surface area contributed by atoms with Crippen molar-refractivity contribution in [1.29, 1.82) is 0 Å². The van der Waals surface area contributed by atoms with Crippen LogP contribution >= 0.6 is 12.4 Å². The summed E-state index contributed by atoms with van der Waals surface area (Å²) in [6.45, 7) is 5.47. The number of hydrogen-bond donors (Lipinski definition) is 1. The van der Waals surface area contributed by atoms with Crippen LogP contribution < -0.4 is 10.6 Å². The number of nitrogens with two attached hydrogens (primary N) is 1. The summed E-state index contributed by atoms with van der Waals surface area (Å²) >= 11 is 0. The van der Waals surface area contributed by atoms with Crippen LogP contribution in [0.1, 0.15) is 46.7 Å². The highest BCUT2D eigenvalue weighted by molar-refractivity contribution is 5.93. The van der Waals surface area contributed by atoms with Crippen LogP contribution in [0.2, 0.25) is 0 Å². The van der Waals surface area contributed by atoms with Gasteiger partial charge >= 0.3 is 0 Å². The Morgan fingerprint density at radius 1 is 1.00 bits per heavy atom. The lowest BCUT2D eigenvalue weighted by Gasteiger charge is -2.37. The second-order valence-corrected chi connectivity index (χ2v) is 7.82. The van der Waals surface area contributed by atoms with Crippen molar-refractivity contribution >= 4 is 24.0 Å². The average Bonchev–Trinajstić information content (AvgIpc) is 2.72. The number of nitrogens with zero attached hydrogens (tertiary/aromatic N) is 2. The molecule has 150 valence electrons. The Labute approximate surface area is 174 Å². The first-order chi connectivity index (χ1) is 13.2. The quantitative estimate of drug-likeness (QED) is 0.830. The molecule has 2 aromatic rings. The zero-order valence-corrected chi connectivity index (χ0v) is 17.2. The minimum Gasteiger partial charge on any atom is -0.369 e. The molecule has 0 spiro atoms. The molecule has 2 aliphatic rings. The number of fused-ring (bicyclic) bond motifs is 1. The molecule has 1 aliphatic heterocycles. The summed E-state index contributed by atoms with van der Waals surface area (Å²) < 4.78 is 0. The van der Waals surface area contributed by atoms with E-state index in [-0.39, 0.29) is 18.3 Å². The summed E-state index contributed by atoms with van der Waals surface area (Å²) in [7, 11) is 0. The van der Waals surface area contributed by atoms with Crippen LogP contribution in [0.4, 0.5) is 5.69 Å². The van der Waals surface area contributed by atoms with Gasteiger partial charge in [-0.25, -0.2) is 0 Å². The number of carbonyl (C=O) groups is 1. The molecule has 1 atom stereocenters. The maximum absolute atomic E-state index is 11.2. The molecule has 0 aromatic heterocycles. The number of halogens is 1. The van der Waals surface area contributed by atoms with Crippen molar-refractivity contribution in [3.63, 3.8) is 0 Å². The van der Waals surface area contributed by atoms with Crippen LogP contribution in [0.15, 0.2) is 48.5 Å². The van der Waals surface area contributed by atoms with Gasteiger partial charge in [0.1, 0.15) is 0 Å². The van der Waals surface area contributed by atoms with Gasteiger partial charge in [-0.1, -0.05) is 24.3 Å². The Morgan fingerprint density at radius 3 is 2.43 bits per heavy atom. The SMILES string of the molecule is Cl.NC(=O)c1ccc(N2CCN(CCC3CCCc4ccccc43)CC2)cc1. The lowest BCUT2D eigenvalue weighted by molar-refractivity contribution is 0.100. The number of aryl methyl sites for hydroxylation is 1. The van der Waals surface area contributed by atoms with Crippen molar-refractivity contribution in [3.8, 4) is 0 Å². The molecule has 0 bridgehead atoms. The fourth-order valence-electron chi connectivity index (χ4n) is 4.56. The minimum atomic E-state index is -0.365. The molecule has 1 unspecified atom stereocenters. The molecular weight excluding hydrogens is 370 g/mol. The Kier molecular flexibility index (Phi) is 6.97. The van der Waals surface area contributed by atoms with Crippen molar-refractivity contribution in [2.24, 2.45) is 5.73 Å². The van der Waals surface area contributed by atoms with E-state index in [0.717, 1.165) is 32.1 Å². The predicted molar refractivity (Wildman–Crippen MR) is 118 cm³/mol. The summed E-state index contributed by atoms with van der Waals surface area (Å²) in [4.78, 5) is 16.2. The van der Waals surface area contributed by atoms with Gasteiger partial charge in [0.05, 0.1) is 0 Å². The van der Waals surface area contributed by atoms with E-state index in [1.807, 2.05) is 24.3 Å². The van der Waals surface area contributed by atoms with Crippen molar-refractivity contribution in [2.75, 3.05) is 37.6 Å². The van der Waals surface area contributed by atoms with E-state index < -0.39 is 0 Å². The van der Waals surface area contributed by atoms with E-state index in [2.05, 4.69) is 34.1 Å². The number of amides is 1. The first kappa shape index (κ1) is 20.7. The highest BCUT2D eigenvalue weighted by Crippen LogP contribution is 2.34. The molecule has 5 heteroatoms. The number of piperazine rings is 1. The molecule has 1 fully saturated rings. The lowest BCUT2D eigenvalue weighted by Crippen LogP contribution is -2.46. The molecule has 1 heterocycles. The fourth-order valence-corrected chi connectivity index (χ4v) is 4.56. The van der Waals surface area contributed by atoms with Crippen LogP contribution in [0.5, 0.6) is 0 Å². The van der Waals surface area contributed by atoms with Crippen molar-refractivity contribution in [3.05, 3.63) is 65.2 Å². The molecule has 2 N–H and O–H groups in total. The fraction of sp³-hybridized carbons (Fsp3) is 0.435. The first-order valence-corrected chi connectivity index (χ1v) is 10.2. The summed E-state index contributed by atoms with van der Waals surface area (Å²) in [5.74, 6) is 0.366. The number of primary amides is 1. The zero-order chi connectivity index (χ0) is 18.6. The first-order valence-electron chi connectivity index (χ1n) is 10.2. The molecule has 1 aliphatic carbocycles. The van der Waals surface area contributed by atoms with Crippen LogP contribution in [0.25, 0.3) is 0 Å². The van der Waals surface area contributed by atoms with Crippen LogP contribution in [0, 0.1) is 0 Å². The van der Waals surface area contributed by atoms with Crippen LogP contribution in [-0.2, 0) is 6.42 Å². The third kappa shape index (κ3) is 4.68. The van der Waals surface area contributed by atoms with Gasteiger partial charge < -0.3 is 10.6 Å². The molecule has 0 radical (unpaired) electrons. The third-order valence-electron chi connectivity index (χ3n) is 6.18. The third-order valence-corrected chi connectivity index (χ3v) is 6.18. The van der Waals surface area contributed by atoms with Gasteiger partial charge in [-0.2, -0.15) is 0 Å². The lowest BCUT2D eigenvalue weighted by atomic mass is 9.81. The summed E-state index contributed by atoms with van der Waals surface area (Å²) in [6.07, 6.45) is 5.18. The second kappa shape index (κ2) is 9.44. The standard InChI is InChI=1S/C23H29N3O.ClH/c24-23(27)20-8-10-21(11-9-20)26-16-14-25(15-17-26)13-12-19-6-3-5-18-4-1-2-7-22(18)19;/h1-2,4,7-11,19H,3,5-6,12-17H2,(H2,24,27);1H. The number of rotatable bonds is 5. The number of anilines is 1. The maximum Gasteiger partial charge on any atom is 0.248 e. The Balaban J connectivity index is 0.00000225. The Hall–Kier alpha value is -2.04. The molecular formula is C23H30ClN3O. The van der Waals surface area contributed by atoms with Gasteiger partial charge in [0.15, 0.2) is 0 Å². The molecule has 1 amide bonds. The largest absolute Gasteiger partial charge is 0.369 e. The van der Waals surface area contributed by atoms with Gasteiger partial charge in [-0.3, -0.25) is 9.69 Å². The monoisotopic (exact) mass is 399 g/mol. The van der Waals surface area contributed by atoms with Gasteiger partial charge in [0.25, 0.3) is 0 Å². The van der Waals surface area contributed by atoms with E-state index >= 15 is 0 Å². The molecule has 4 nitrogen and oxygen atoms in total. The van der Waals surface area contributed by atoms with Gasteiger partial charge in [-0.15, -0.1) is 12.4 Å². The zero-order valence-electron chi connectivity index (χ0n) is 16.3. The summed E-state index contributed by atoms with van der Waals surface area (Å²) in [5.41, 5.74) is 10.2. The smallest absolute Gasteiger partial charge is 0.248 e. The van der Waals surface area contributed by atoms with Crippen molar-refractivity contribution < 1.29 is 4.79 Å². The van der Waals surface area contributed by atoms with Gasteiger partial charge in [0, 0.05) is 37.4 Å². The van der Waals surface area contributed by atoms with E-state index in [0.29, 0.717) is 5.56 Å². The van der Waals surface area contributed by atoms with Gasteiger partial charge in [0.2, 0.25) is 5.91 Å². The van der Waals surface area contributed by atoms with E-state index in [1.165, 1.54) is 37.9 Å². The Morgan fingerprint density at radius 2 is 1.71 bits per heavy atom. The van der Waals surface area contributed by atoms with Crippen molar-refractivity contribution in [1.82, 2.24) is 4.90 Å². The molecule has 4 rings (SSSR count). The molecule has 1 saturated heterocycles. The predicted octanol–water partition coefficient (Wildman–Crippen LogP) is 3.84. The minimum absolute atomic E-state index is 0. The average molecular weight is 400 g/mol. The summed E-state index contributed by atoms with van der Waals surface area (Å²) in [6, 6.07) is 16.7. The van der Waals surface area contributed by atoms with E-state index in [9.17, 15) is 4.79 Å². The molecule has 28 heavy (non-hydrogen) atoms. The normalized spacial score (nSPS) is 19.6. The second-order valence-electron chi connectivity index (χ2n) is 7.82. The Bertz CT molecular complexity index is 785. The van der Waals surface area contributed by atoms with E-state index in [1.54, 1.807) is 11.1 Å². The van der Waals surface area contributed by atoms with E-state index in [4.69, 9.17) is 5.73 Å². The maximum atomic E-state index is 11.2.